The maximum atomic E-state index is 12.3. The smallest absolute Gasteiger partial charge is 0.234 e. The first-order valence-corrected chi connectivity index (χ1v) is 11.3. The van der Waals surface area contributed by atoms with Crippen molar-refractivity contribution in [1.29, 1.82) is 0 Å². The van der Waals surface area contributed by atoms with Crippen molar-refractivity contribution in [3.63, 3.8) is 0 Å². The number of thioether (sulfide) groups is 2. The molecule has 3 aromatic rings. The summed E-state index contributed by atoms with van der Waals surface area (Å²) >= 11 is 3.08. The van der Waals surface area contributed by atoms with Gasteiger partial charge in [-0.05, 0) is 38.1 Å². The Morgan fingerprint density at radius 1 is 1.10 bits per heavy atom. The number of rotatable bonds is 9. The minimum Gasteiger partial charge on any atom is -0.492 e. The van der Waals surface area contributed by atoms with E-state index in [1.165, 1.54) is 22.2 Å². The molecule has 0 spiro atoms. The third-order valence-corrected chi connectivity index (χ3v) is 6.14. The molecule has 1 amide bonds. The van der Waals surface area contributed by atoms with Crippen molar-refractivity contribution in [3.05, 3.63) is 59.9 Å². The van der Waals surface area contributed by atoms with Gasteiger partial charge in [-0.25, -0.2) is 0 Å². The van der Waals surface area contributed by atoms with Crippen molar-refractivity contribution in [2.45, 2.75) is 29.7 Å². The van der Waals surface area contributed by atoms with Gasteiger partial charge in [-0.1, -0.05) is 41.6 Å². The lowest BCUT2D eigenvalue weighted by atomic mass is 10.2. The number of carbonyl (C=O) groups excluding carboxylic acids is 1. The zero-order valence-corrected chi connectivity index (χ0v) is 18.3. The summed E-state index contributed by atoms with van der Waals surface area (Å²) in [5.74, 6) is 2.40. The Balaban J connectivity index is 1.53. The van der Waals surface area contributed by atoms with Gasteiger partial charge in [0.15, 0.2) is 5.16 Å². The zero-order chi connectivity index (χ0) is 20.6. The van der Waals surface area contributed by atoms with E-state index >= 15 is 0 Å². The Labute approximate surface area is 179 Å². The zero-order valence-electron chi connectivity index (χ0n) is 16.7. The third-order valence-electron chi connectivity index (χ3n) is 4.11. The van der Waals surface area contributed by atoms with Crippen molar-refractivity contribution in [1.82, 2.24) is 14.8 Å². The lowest BCUT2D eigenvalue weighted by molar-refractivity contribution is -0.113. The number of amides is 1. The van der Waals surface area contributed by atoms with E-state index in [1.54, 1.807) is 11.8 Å². The number of nitrogens with zero attached hydrogens (tertiary/aromatic N) is 3. The van der Waals surface area contributed by atoms with Crippen LogP contribution in [0.2, 0.25) is 0 Å². The van der Waals surface area contributed by atoms with Crippen molar-refractivity contribution in [3.8, 4) is 5.75 Å². The molecule has 0 aliphatic heterocycles. The minimum absolute atomic E-state index is 0.110. The number of para-hydroxylation sites is 2. The average molecular weight is 429 g/mol. The fourth-order valence-corrected chi connectivity index (χ4v) is 4.15. The second-order valence-corrected chi connectivity index (χ2v) is 8.32. The van der Waals surface area contributed by atoms with Gasteiger partial charge in [-0.15, -0.1) is 22.0 Å². The Bertz CT molecular complexity index is 958. The molecule has 0 unspecified atom stereocenters. The molecule has 0 radical (unpaired) electrons. The number of carbonyl (C=O) groups is 1. The fraction of sp³-hybridized carbons (Fsp3) is 0.286. The Kier molecular flexibility index (Phi) is 7.60. The number of aromatic nitrogens is 3. The first kappa shape index (κ1) is 21.3. The van der Waals surface area contributed by atoms with Crippen LogP contribution >= 0.6 is 23.5 Å². The molecule has 1 heterocycles. The van der Waals surface area contributed by atoms with Gasteiger partial charge in [-0.2, -0.15) is 0 Å². The summed E-state index contributed by atoms with van der Waals surface area (Å²) in [6.45, 7) is 4.54. The number of aryl methyl sites for hydroxylation is 1. The molecule has 6 nitrogen and oxygen atoms in total. The summed E-state index contributed by atoms with van der Waals surface area (Å²) in [6, 6.07) is 15.8. The largest absolute Gasteiger partial charge is 0.492 e. The molecule has 0 bridgehead atoms. The van der Waals surface area contributed by atoms with Gasteiger partial charge in [-0.3, -0.25) is 4.79 Å². The monoisotopic (exact) mass is 428 g/mol. The third kappa shape index (κ3) is 6.01. The van der Waals surface area contributed by atoms with Crippen molar-refractivity contribution in [2.75, 3.05) is 17.7 Å². The molecule has 8 heteroatoms. The number of benzene rings is 2. The molecule has 2 aromatic carbocycles. The summed E-state index contributed by atoms with van der Waals surface area (Å²) in [5.41, 5.74) is 1.92. The highest BCUT2D eigenvalue weighted by atomic mass is 32.2. The fourth-order valence-electron chi connectivity index (χ4n) is 2.55. The Morgan fingerprint density at radius 3 is 2.62 bits per heavy atom. The number of hydrogen-bond donors (Lipinski definition) is 1. The van der Waals surface area contributed by atoms with E-state index in [2.05, 4.69) is 46.7 Å². The molecule has 0 saturated carbocycles. The van der Waals surface area contributed by atoms with Crippen LogP contribution in [-0.2, 0) is 17.6 Å². The number of hydrogen-bond acceptors (Lipinski definition) is 6. The molecule has 0 aliphatic rings. The predicted molar refractivity (Wildman–Crippen MR) is 119 cm³/mol. The molecular weight excluding hydrogens is 404 g/mol. The van der Waals surface area contributed by atoms with E-state index in [0.29, 0.717) is 18.0 Å². The lowest BCUT2D eigenvalue weighted by Crippen LogP contribution is -2.15. The van der Waals surface area contributed by atoms with Gasteiger partial charge in [0.2, 0.25) is 5.91 Å². The molecule has 3 rings (SSSR count). The lowest BCUT2D eigenvalue weighted by Gasteiger charge is -2.11. The molecular formula is C21H24N4O2S2. The summed E-state index contributed by atoms with van der Waals surface area (Å²) in [5, 5.41) is 12.1. The van der Waals surface area contributed by atoms with Crippen molar-refractivity contribution < 1.29 is 9.53 Å². The standard InChI is InChI=1S/C21H24N4O2S2/c1-4-27-18-8-6-5-7-17(18)22-20(26)14-29-21-24-23-19(25(21)3)13-28-16-11-9-15(2)10-12-16/h5-12H,4,13-14H2,1-3H3,(H,22,26). The number of anilines is 1. The number of ether oxygens (including phenoxy) is 1. The van der Waals surface area contributed by atoms with Crippen LogP contribution in [0.1, 0.15) is 18.3 Å². The van der Waals surface area contributed by atoms with Crippen LogP contribution in [0, 0.1) is 6.92 Å². The van der Waals surface area contributed by atoms with E-state index in [9.17, 15) is 4.79 Å². The molecule has 0 atom stereocenters. The quantitative estimate of drug-likeness (QED) is 0.505. The van der Waals surface area contributed by atoms with Crippen LogP contribution in [0.15, 0.2) is 58.6 Å². The second kappa shape index (κ2) is 10.4. The highest BCUT2D eigenvalue weighted by Crippen LogP contribution is 2.26. The van der Waals surface area contributed by atoms with Crippen LogP contribution < -0.4 is 10.1 Å². The second-order valence-electron chi connectivity index (χ2n) is 6.33. The van der Waals surface area contributed by atoms with E-state index in [-0.39, 0.29) is 11.7 Å². The van der Waals surface area contributed by atoms with Gasteiger partial charge >= 0.3 is 0 Å². The summed E-state index contributed by atoms with van der Waals surface area (Å²) in [6.07, 6.45) is 0. The van der Waals surface area contributed by atoms with Crippen LogP contribution in [0.25, 0.3) is 0 Å². The highest BCUT2D eigenvalue weighted by Gasteiger charge is 2.13. The van der Waals surface area contributed by atoms with Crippen LogP contribution in [0.4, 0.5) is 5.69 Å². The van der Waals surface area contributed by atoms with Gasteiger partial charge in [0.25, 0.3) is 0 Å². The van der Waals surface area contributed by atoms with Gasteiger partial charge in [0, 0.05) is 11.9 Å². The Morgan fingerprint density at radius 2 is 1.86 bits per heavy atom. The molecule has 0 fully saturated rings. The van der Waals surface area contributed by atoms with Crippen LogP contribution in [-0.4, -0.2) is 33.0 Å². The first-order chi connectivity index (χ1) is 14.1. The summed E-state index contributed by atoms with van der Waals surface area (Å²) in [4.78, 5) is 13.5. The van der Waals surface area contributed by atoms with Gasteiger partial charge in [0.05, 0.1) is 23.8 Å². The molecule has 1 N–H and O–H groups in total. The maximum Gasteiger partial charge on any atom is 0.234 e. The minimum atomic E-state index is -0.110. The SMILES string of the molecule is CCOc1ccccc1NC(=O)CSc1nnc(CSc2ccc(C)cc2)n1C. The molecule has 29 heavy (non-hydrogen) atoms. The van der Waals surface area contributed by atoms with Crippen molar-refractivity contribution in [2.24, 2.45) is 7.05 Å². The molecule has 0 saturated heterocycles. The topological polar surface area (TPSA) is 69.0 Å². The normalized spacial score (nSPS) is 10.7. The van der Waals surface area contributed by atoms with E-state index < -0.39 is 0 Å². The van der Waals surface area contributed by atoms with Gasteiger partial charge < -0.3 is 14.6 Å². The summed E-state index contributed by atoms with van der Waals surface area (Å²) in [7, 11) is 1.93. The molecule has 152 valence electrons. The molecule has 0 aliphatic carbocycles. The average Bonchev–Trinajstić information content (AvgIpc) is 3.07. The Hall–Kier alpha value is -2.45. The van der Waals surface area contributed by atoms with E-state index in [0.717, 1.165) is 16.7 Å². The predicted octanol–water partition coefficient (Wildman–Crippen LogP) is 4.55. The maximum absolute atomic E-state index is 12.3. The highest BCUT2D eigenvalue weighted by molar-refractivity contribution is 7.99. The van der Waals surface area contributed by atoms with Crippen molar-refractivity contribution >= 4 is 35.1 Å². The first-order valence-electron chi connectivity index (χ1n) is 9.29. The summed E-state index contributed by atoms with van der Waals surface area (Å²) < 4.78 is 7.48. The van der Waals surface area contributed by atoms with E-state index in [4.69, 9.17) is 4.74 Å². The van der Waals surface area contributed by atoms with Crippen LogP contribution in [0.3, 0.4) is 0 Å². The van der Waals surface area contributed by atoms with E-state index in [1.807, 2.05) is 42.8 Å². The van der Waals surface area contributed by atoms with Crippen LogP contribution in [0.5, 0.6) is 5.75 Å². The number of nitrogens with one attached hydrogen (secondary N) is 1. The molecule has 1 aromatic heterocycles. The van der Waals surface area contributed by atoms with Gasteiger partial charge in [0.1, 0.15) is 11.6 Å².